The Balaban J connectivity index is 2.18. The van der Waals surface area contributed by atoms with Gasteiger partial charge in [-0.25, -0.2) is 4.79 Å². The molecule has 11 nitrogen and oxygen atoms in total. The number of amides is 2. The Labute approximate surface area is 157 Å². The van der Waals surface area contributed by atoms with Crippen molar-refractivity contribution in [2.24, 2.45) is 21.5 Å². The highest BCUT2D eigenvalue weighted by Crippen LogP contribution is 2.14. The second-order valence-electron chi connectivity index (χ2n) is 5.47. The maximum Gasteiger partial charge on any atom is 0.436 e. The Kier molecular flexibility index (Phi) is 9.09. The number of guanidine groups is 2. The first-order valence-corrected chi connectivity index (χ1v) is 8.10. The van der Waals surface area contributed by atoms with E-state index < -0.39 is 6.09 Å². The minimum absolute atomic E-state index is 0.0654. The van der Waals surface area contributed by atoms with Crippen LogP contribution in [0.25, 0.3) is 0 Å². The van der Waals surface area contributed by atoms with Crippen molar-refractivity contribution in [2.75, 3.05) is 40.3 Å². The van der Waals surface area contributed by atoms with Gasteiger partial charge in [-0.3, -0.25) is 4.79 Å². The molecule has 0 fully saturated rings. The summed E-state index contributed by atoms with van der Waals surface area (Å²) in [6.45, 7) is 1.21. The molecule has 0 heterocycles. The van der Waals surface area contributed by atoms with Gasteiger partial charge in [-0.1, -0.05) is 12.1 Å². The molecule has 0 aliphatic rings. The minimum atomic E-state index is -0.877. The van der Waals surface area contributed by atoms with Crippen LogP contribution in [0.1, 0.15) is 10.4 Å². The van der Waals surface area contributed by atoms with Gasteiger partial charge in [-0.15, -0.1) is 4.99 Å². The zero-order valence-corrected chi connectivity index (χ0v) is 15.3. The van der Waals surface area contributed by atoms with Crippen LogP contribution >= 0.6 is 0 Å². The molecule has 0 aliphatic heterocycles. The van der Waals surface area contributed by atoms with E-state index in [2.05, 4.69) is 20.6 Å². The van der Waals surface area contributed by atoms with Gasteiger partial charge in [0.15, 0.2) is 5.96 Å². The summed E-state index contributed by atoms with van der Waals surface area (Å²) >= 11 is 0. The quantitative estimate of drug-likeness (QED) is 0.229. The number of benzene rings is 1. The molecule has 0 unspecified atom stereocenters. The van der Waals surface area contributed by atoms with Gasteiger partial charge in [0.25, 0.3) is 5.91 Å². The highest BCUT2D eigenvalue weighted by atomic mass is 16.5. The van der Waals surface area contributed by atoms with Gasteiger partial charge in [-0.2, -0.15) is 4.99 Å². The molecule has 0 radical (unpaired) electrons. The highest BCUT2D eigenvalue weighted by molar-refractivity contribution is 5.97. The van der Waals surface area contributed by atoms with Crippen LogP contribution in [-0.4, -0.2) is 74.3 Å². The Hall–Kier alpha value is -3.34. The van der Waals surface area contributed by atoms with Gasteiger partial charge in [0.2, 0.25) is 5.96 Å². The van der Waals surface area contributed by atoms with E-state index >= 15 is 0 Å². The van der Waals surface area contributed by atoms with Gasteiger partial charge in [-0.05, 0) is 12.1 Å². The van der Waals surface area contributed by atoms with Crippen molar-refractivity contribution < 1.29 is 19.4 Å². The number of hydrogen-bond donors (Lipinski definition) is 5. The largest absolute Gasteiger partial charge is 0.507 e. The van der Waals surface area contributed by atoms with Gasteiger partial charge >= 0.3 is 6.09 Å². The fraction of sp³-hybridized carbons (Fsp3) is 0.375. The Morgan fingerprint density at radius 2 is 1.85 bits per heavy atom. The van der Waals surface area contributed by atoms with E-state index in [9.17, 15) is 14.7 Å². The highest BCUT2D eigenvalue weighted by Gasteiger charge is 2.08. The average molecular weight is 379 g/mol. The number of nitrogens with zero attached hydrogens (tertiary/aromatic N) is 3. The van der Waals surface area contributed by atoms with Crippen molar-refractivity contribution in [1.29, 1.82) is 0 Å². The molecule has 0 saturated carbocycles. The first-order chi connectivity index (χ1) is 12.8. The summed E-state index contributed by atoms with van der Waals surface area (Å²) in [5, 5.41) is 15.2. The van der Waals surface area contributed by atoms with Crippen LogP contribution in [0.2, 0.25) is 0 Å². The summed E-state index contributed by atoms with van der Waals surface area (Å²) < 4.78 is 4.85. The molecule has 1 rings (SSSR count). The van der Waals surface area contributed by atoms with Crippen molar-refractivity contribution in [1.82, 2.24) is 15.5 Å². The monoisotopic (exact) mass is 379 g/mol. The summed E-state index contributed by atoms with van der Waals surface area (Å²) in [5.74, 6) is -0.641. The first-order valence-electron chi connectivity index (χ1n) is 8.10. The predicted molar refractivity (Wildman–Crippen MR) is 102 cm³/mol. The molecule has 0 aliphatic carbocycles. The summed E-state index contributed by atoms with van der Waals surface area (Å²) in [6.07, 6.45) is -0.877. The molecule has 27 heavy (non-hydrogen) atoms. The van der Waals surface area contributed by atoms with Crippen LogP contribution in [0, 0.1) is 0 Å². The fourth-order valence-corrected chi connectivity index (χ4v) is 1.73. The van der Waals surface area contributed by atoms with Crippen molar-refractivity contribution in [3.05, 3.63) is 29.8 Å². The normalized spacial score (nSPS) is 11.8. The van der Waals surface area contributed by atoms with E-state index in [1.54, 1.807) is 26.2 Å². The molecule has 1 aromatic rings. The smallest absolute Gasteiger partial charge is 0.436 e. The summed E-state index contributed by atoms with van der Waals surface area (Å²) in [4.78, 5) is 31.9. The summed E-state index contributed by atoms with van der Waals surface area (Å²) in [7, 11) is 3.34. The molecule has 2 amide bonds. The van der Waals surface area contributed by atoms with Gasteiger partial charge < -0.3 is 36.8 Å². The Bertz CT molecular complexity index is 704. The van der Waals surface area contributed by atoms with Crippen molar-refractivity contribution in [3.63, 3.8) is 0 Å². The van der Waals surface area contributed by atoms with E-state index in [4.69, 9.17) is 16.2 Å². The Morgan fingerprint density at radius 3 is 2.52 bits per heavy atom. The molecular weight excluding hydrogens is 354 g/mol. The third-order valence-corrected chi connectivity index (χ3v) is 3.13. The molecular formula is C16H25N7O4. The number of phenolic OH excluding ortho intramolecular Hbond substituents is 1. The predicted octanol–water partition coefficient (Wildman–Crippen LogP) is -0.961. The lowest BCUT2D eigenvalue weighted by molar-refractivity contribution is 0.0951. The maximum atomic E-state index is 11.8. The van der Waals surface area contributed by atoms with Crippen molar-refractivity contribution >= 4 is 23.9 Å². The molecule has 0 atom stereocenters. The van der Waals surface area contributed by atoms with Crippen LogP contribution in [-0.2, 0) is 4.74 Å². The number of para-hydroxylation sites is 1. The lowest BCUT2D eigenvalue weighted by Crippen LogP contribution is -2.33. The van der Waals surface area contributed by atoms with Crippen molar-refractivity contribution in [2.45, 2.75) is 0 Å². The molecule has 0 spiro atoms. The molecule has 148 valence electrons. The number of rotatable bonds is 7. The van der Waals surface area contributed by atoms with Gasteiger partial charge in [0, 0.05) is 33.7 Å². The third kappa shape index (κ3) is 8.54. The van der Waals surface area contributed by atoms with E-state index in [0.29, 0.717) is 19.6 Å². The van der Waals surface area contributed by atoms with E-state index in [-0.39, 0.29) is 35.7 Å². The molecule has 0 saturated heterocycles. The number of hydrogen-bond acceptors (Lipinski definition) is 5. The second-order valence-corrected chi connectivity index (χ2v) is 5.47. The fourth-order valence-electron chi connectivity index (χ4n) is 1.73. The maximum absolute atomic E-state index is 11.8. The topological polar surface area (TPSA) is 168 Å². The standard InChI is InChI=1S/C16H25N7O4/c1-23(2)15(18)21-14(17)22-16(26)27-10-9-19-7-8-20-13(25)11-5-3-4-6-12(11)24/h3-6,19,24H,7-10H2,1-2H3,(H,20,25)(H4,17,18,21,22,26). The minimum Gasteiger partial charge on any atom is -0.507 e. The van der Waals surface area contributed by atoms with Crippen LogP contribution < -0.4 is 22.1 Å². The van der Waals surface area contributed by atoms with Gasteiger partial charge in [0.05, 0.1) is 5.56 Å². The number of nitrogens with one attached hydrogen (secondary N) is 2. The van der Waals surface area contributed by atoms with Gasteiger partial charge in [0.1, 0.15) is 12.4 Å². The SMILES string of the molecule is CN(C)/C(N)=N/C(N)=N/C(=O)OCCNCCNC(=O)c1ccccc1O. The zero-order chi connectivity index (χ0) is 20.2. The van der Waals surface area contributed by atoms with Crippen molar-refractivity contribution in [3.8, 4) is 5.75 Å². The molecule has 0 aromatic heterocycles. The number of phenols is 1. The first kappa shape index (κ1) is 21.7. The number of ether oxygens (including phenoxy) is 1. The number of aliphatic imine (C=N–C) groups is 2. The van der Waals surface area contributed by atoms with Crippen LogP contribution in [0.4, 0.5) is 4.79 Å². The number of carbonyl (C=O) groups is 2. The van der Waals surface area contributed by atoms with E-state index in [1.807, 2.05) is 0 Å². The molecule has 7 N–H and O–H groups in total. The lowest BCUT2D eigenvalue weighted by Gasteiger charge is -2.09. The zero-order valence-electron chi connectivity index (χ0n) is 15.3. The number of carbonyl (C=O) groups excluding carboxylic acids is 2. The van der Waals surface area contributed by atoms with Crippen LogP contribution in [0.15, 0.2) is 34.3 Å². The second kappa shape index (κ2) is 11.3. The molecule has 1 aromatic carbocycles. The number of nitrogens with two attached hydrogens (primary N) is 2. The third-order valence-electron chi connectivity index (χ3n) is 3.13. The number of aromatic hydroxyl groups is 1. The molecule has 0 bridgehead atoms. The lowest BCUT2D eigenvalue weighted by atomic mass is 10.2. The molecule has 11 heteroatoms. The van der Waals surface area contributed by atoms with Crippen LogP contribution in [0.3, 0.4) is 0 Å². The summed E-state index contributed by atoms with van der Waals surface area (Å²) in [6, 6.07) is 6.27. The summed E-state index contributed by atoms with van der Waals surface area (Å²) in [5.41, 5.74) is 11.2. The van der Waals surface area contributed by atoms with E-state index in [0.717, 1.165) is 0 Å². The van der Waals surface area contributed by atoms with E-state index in [1.165, 1.54) is 17.0 Å². The van der Waals surface area contributed by atoms with Crippen LogP contribution in [0.5, 0.6) is 5.75 Å². The average Bonchev–Trinajstić information content (AvgIpc) is 2.60. The Morgan fingerprint density at radius 1 is 1.15 bits per heavy atom.